The molecule has 0 atom stereocenters. The van der Waals surface area contributed by atoms with Crippen molar-refractivity contribution in [2.75, 3.05) is 26.1 Å². The fraction of sp³-hybridized carbons (Fsp3) is 0.235. The molecule has 156 valence electrons. The lowest BCUT2D eigenvalue weighted by atomic mass is 10.1. The van der Waals surface area contributed by atoms with Gasteiger partial charge in [0.2, 0.25) is 0 Å². The molecule has 1 heterocycles. The molecule has 0 amide bonds. The molecular formula is C17H15F4N3O4S. The van der Waals surface area contributed by atoms with Crippen LogP contribution in [-0.4, -0.2) is 43.4 Å². The maximum Gasteiger partial charge on any atom is 0.518 e. The van der Waals surface area contributed by atoms with Crippen LogP contribution in [0.3, 0.4) is 0 Å². The number of methoxy groups -OCH3 is 1. The Morgan fingerprint density at radius 2 is 1.86 bits per heavy atom. The van der Waals surface area contributed by atoms with Gasteiger partial charge in [0, 0.05) is 23.7 Å². The first-order valence-electron chi connectivity index (χ1n) is 8.08. The summed E-state index contributed by atoms with van der Waals surface area (Å²) in [4.78, 5) is 0. The van der Waals surface area contributed by atoms with Crippen molar-refractivity contribution >= 4 is 26.6 Å². The van der Waals surface area contributed by atoms with Crippen molar-refractivity contribution in [1.82, 2.24) is 9.19 Å². The number of benzene rings is 2. The number of nitrogens with two attached hydrogens (primary N) is 1. The van der Waals surface area contributed by atoms with E-state index in [1.807, 2.05) is 0 Å². The molecule has 3 aromatic rings. The minimum absolute atomic E-state index is 0.0292. The fourth-order valence-electron chi connectivity index (χ4n) is 2.60. The molecule has 0 radical (unpaired) electrons. The van der Waals surface area contributed by atoms with Gasteiger partial charge in [0.1, 0.15) is 12.3 Å². The summed E-state index contributed by atoms with van der Waals surface area (Å²) in [6.07, 6.45) is 0. The smallest absolute Gasteiger partial charge is 0.488 e. The van der Waals surface area contributed by atoms with Crippen molar-refractivity contribution in [3.05, 3.63) is 42.2 Å². The first kappa shape index (κ1) is 20.9. The average molecular weight is 433 g/mol. The lowest BCUT2D eigenvalue weighted by Crippen LogP contribution is -2.30. The van der Waals surface area contributed by atoms with Gasteiger partial charge >= 0.3 is 15.5 Å². The summed E-state index contributed by atoms with van der Waals surface area (Å²) in [5.74, 6) is -0.902. The maximum atomic E-state index is 14.0. The number of nitrogens with zero attached hydrogens (tertiary/aromatic N) is 2. The average Bonchev–Trinajstić information content (AvgIpc) is 3.02. The van der Waals surface area contributed by atoms with E-state index in [2.05, 4.69) is 5.10 Å². The van der Waals surface area contributed by atoms with Crippen molar-refractivity contribution < 1.29 is 35.5 Å². The second kappa shape index (κ2) is 7.52. The van der Waals surface area contributed by atoms with Gasteiger partial charge < -0.3 is 15.2 Å². The van der Waals surface area contributed by atoms with Crippen LogP contribution in [-0.2, 0) is 14.8 Å². The van der Waals surface area contributed by atoms with Crippen molar-refractivity contribution in [2.45, 2.75) is 5.51 Å². The third-order valence-corrected chi connectivity index (χ3v) is 5.26. The molecule has 29 heavy (non-hydrogen) atoms. The molecule has 0 aliphatic rings. The molecular weight excluding hydrogens is 418 g/mol. The van der Waals surface area contributed by atoms with Crippen LogP contribution in [0.5, 0.6) is 5.75 Å². The van der Waals surface area contributed by atoms with Gasteiger partial charge in [-0.15, -0.1) is 4.09 Å². The second-order valence-electron chi connectivity index (χ2n) is 5.91. The zero-order valence-corrected chi connectivity index (χ0v) is 15.7. The summed E-state index contributed by atoms with van der Waals surface area (Å²) in [5.41, 5.74) is 0.0113. The molecule has 0 fully saturated rings. The monoisotopic (exact) mass is 433 g/mol. The van der Waals surface area contributed by atoms with Crippen LogP contribution in [0.2, 0.25) is 0 Å². The Balaban J connectivity index is 2.21. The number of fused-ring (bicyclic) bond motifs is 1. The van der Waals surface area contributed by atoms with Crippen LogP contribution in [0.25, 0.3) is 22.2 Å². The Bertz CT molecular complexity index is 1160. The van der Waals surface area contributed by atoms with E-state index < -0.39 is 21.3 Å². The molecule has 1 aromatic heterocycles. The number of nitrogen functional groups attached to an aromatic ring is 1. The molecule has 0 spiro atoms. The van der Waals surface area contributed by atoms with Crippen molar-refractivity contribution in [2.24, 2.45) is 0 Å². The van der Waals surface area contributed by atoms with Gasteiger partial charge in [-0.1, -0.05) is 0 Å². The molecule has 0 aliphatic heterocycles. The quantitative estimate of drug-likeness (QED) is 0.365. The zero-order valence-electron chi connectivity index (χ0n) is 14.9. The number of hydrogen-bond acceptors (Lipinski definition) is 6. The van der Waals surface area contributed by atoms with Crippen LogP contribution >= 0.6 is 0 Å². The van der Waals surface area contributed by atoms with E-state index in [0.29, 0.717) is 0 Å². The van der Waals surface area contributed by atoms with E-state index in [1.54, 1.807) is 0 Å². The third kappa shape index (κ3) is 3.85. The Labute approximate surface area is 162 Å². The van der Waals surface area contributed by atoms with Gasteiger partial charge in [0.15, 0.2) is 11.6 Å². The van der Waals surface area contributed by atoms with Gasteiger partial charge in [-0.25, -0.2) is 4.39 Å². The van der Waals surface area contributed by atoms with Gasteiger partial charge in [-0.3, -0.25) is 0 Å². The van der Waals surface area contributed by atoms with E-state index in [1.165, 1.54) is 31.4 Å². The first-order valence-corrected chi connectivity index (χ1v) is 9.52. The number of rotatable bonds is 6. The Morgan fingerprint density at radius 1 is 1.14 bits per heavy atom. The number of hydrogen-bond donors (Lipinski definition) is 1. The standard InChI is InChI=1S/C17H15F4N3O4S/c1-27-6-7-28-15-8-10(2-4-13(15)18)16-12-9-11(22)3-5-14(12)24(23-16)29(25,26)17(19,20)21/h2-5,8-9H,6-7,22H2,1H3. The van der Waals surface area contributed by atoms with Crippen LogP contribution in [0, 0.1) is 5.82 Å². The fourth-order valence-corrected chi connectivity index (χ4v) is 3.40. The predicted molar refractivity (Wildman–Crippen MR) is 97.3 cm³/mol. The molecule has 2 N–H and O–H groups in total. The van der Waals surface area contributed by atoms with E-state index >= 15 is 0 Å². The zero-order chi connectivity index (χ0) is 21.4. The summed E-state index contributed by atoms with van der Waals surface area (Å²) in [6.45, 7) is 0.211. The van der Waals surface area contributed by atoms with Crippen LogP contribution < -0.4 is 10.5 Å². The molecule has 3 rings (SSSR count). The summed E-state index contributed by atoms with van der Waals surface area (Å²) >= 11 is 0. The largest absolute Gasteiger partial charge is 0.518 e. The molecule has 0 aliphatic carbocycles. The van der Waals surface area contributed by atoms with Crippen molar-refractivity contribution in [3.63, 3.8) is 0 Å². The van der Waals surface area contributed by atoms with Crippen molar-refractivity contribution in [3.8, 4) is 17.0 Å². The Kier molecular flexibility index (Phi) is 5.41. The topological polar surface area (TPSA) is 96.4 Å². The lowest BCUT2D eigenvalue weighted by Gasteiger charge is -2.09. The molecule has 0 bridgehead atoms. The molecule has 12 heteroatoms. The highest BCUT2D eigenvalue weighted by atomic mass is 32.2. The van der Waals surface area contributed by atoms with Gasteiger partial charge in [-0.05, 0) is 36.4 Å². The number of alkyl halides is 3. The maximum absolute atomic E-state index is 14.0. The van der Waals surface area contributed by atoms with E-state index in [4.69, 9.17) is 15.2 Å². The van der Waals surface area contributed by atoms with Crippen molar-refractivity contribution in [1.29, 1.82) is 0 Å². The van der Waals surface area contributed by atoms with Crippen LogP contribution in [0.15, 0.2) is 36.4 Å². The summed E-state index contributed by atoms with van der Waals surface area (Å²) in [7, 11) is -4.37. The highest BCUT2D eigenvalue weighted by Crippen LogP contribution is 2.35. The summed E-state index contributed by atoms with van der Waals surface area (Å²) in [6, 6.07) is 7.14. The summed E-state index contributed by atoms with van der Waals surface area (Å²) in [5, 5.41) is 3.70. The number of anilines is 1. The van der Waals surface area contributed by atoms with E-state index in [0.717, 1.165) is 12.1 Å². The Morgan fingerprint density at radius 3 is 2.52 bits per heavy atom. The summed E-state index contributed by atoms with van der Waals surface area (Å²) < 4.78 is 87.0. The Hall–Kier alpha value is -2.86. The molecule has 7 nitrogen and oxygen atoms in total. The van der Waals surface area contributed by atoms with Gasteiger partial charge in [0.25, 0.3) is 0 Å². The minimum Gasteiger partial charge on any atom is -0.488 e. The van der Waals surface area contributed by atoms with E-state index in [9.17, 15) is 26.0 Å². The van der Waals surface area contributed by atoms with Gasteiger partial charge in [-0.2, -0.15) is 26.7 Å². The first-order chi connectivity index (χ1) is 13.6. The minimum atomic E-state index is -5.80. The molecule has 2 aromatic carbocycles. The van der Waals surface area contributed by atoms with Crippen LogP contribution in [0.4, 0.5) is 23.2 Å². The molecule has 0 unspecified atom stereocenters. The number of ether oxygens (including phenoxy) is 2. The molecule has 0 saturated heterocycles. The van der Waals surface area contributed by atoms with E-state index in [-0.39, 0.29) is 50.9 Å². The molecule has 0 saturated carbocycles. The predicted octanol–water partition coefficient (Wildman–Crippen LogP) is 3.15. The van der Waals surface area contributed by atoms with Gasteiger partial charge in [0.05, 0.1) is 12.1 Å². The third-order valence-electron chi connectivity index (χ3n) is 3.94. The van der Waals surface area contributed by atoms with Crippen LogP contribution in [0.1, 0.15) is 0 Å². The normalized spacial score (nSPS) is 12.4. The number of halogens is 4. The lowest BCUT2D eigenvalue weighted by molar-refractivity contribution is -0.0448. The second-order valence-corrected chi connectivity index (χ2v) is 7.66. The highest BCUT2D eigenvalue weighted by molar-refractivity contribution is 7.90. The number of aromatic nitrogens is 2. The highest BCUT2D eigenvalue weighted by Gasteiger charge is 2.49. The SMILES string of the molecule is COCCOc1cc(-c2nn(S(=O)(=O)C(F)(F)F)c3ccc(N)cc23)ccc1F.